The molecule has 0 bridgehead atoms. The monoisotopic (exact) mass is 330 g/mol. The van der Waals surface area contributed by atoms with Crippen molar-refractivity contribution in [3.8, 4) is 0 Å². The summed E-state index contributed by atoms with van der Waals surface area (Å²) >= 11 is 0. The van der Waals surface area contributed by atoms with Crippen LogP contribution in [0.2, 0.25) is 0 Å². The highest BCUT2D eigenvalue weighted by atomic mass is 127. The first kappa shape index (κ1) is 12.1. The fourth-order valence-electron chi connectivity index (χ4n) is 3.24. The minimum atomic E-state index is 0. The van der Waals surface area contributed by atoms with Gasteiger partial charge in [0.1, 0.15) is 0 Å². The molecule has 1 N–H and O–H groups in total. The number of aromatic nitrogens is 1. The lowest BCUT2D eigenvalue weighted by Gasteiger charge is -2.23. The molecule has 0 atom stereocenters. The molecule has 0 unspecified atom stereocenters. The molecular formula is C13H19IN2. The first-order valence-electron chi connectivity index (χ1n) is 6.06. The summed E-state index contributed by atoms with van der Waals surface area (Å²) in [5.41, 5.74) is 5.59. The van der Waals surface area contributed by atoms with Gasteiger partial charge in [0.05, 0.1) is 5.36 Å². The van der Waals surface area contributed by atoms with E-state index in [1.807, 2.05) is 0 Å². The number of pyridine rings is 1. The lowest BCUT2D eigenvalue weighted by molar-refractivity contribution is 0.612. The van der Waals surface area contributed by atoms with E-state index in [1.54, 1.807) is 0 Å². The van der Waals surface area contributed by atoms with E-state index in [1.165, 1.54) is 54.6 Å². The average Bonchev–Trinajstić information content (AvgIpc) is 2.75. The van der Waals surface area contributed by atoms with Crippen molar-refractivity contribution >= 4 is 24.0 Å². The average molecular weight is 330 g/mol. The molecule has 0 saturated heterocycles. The third kappa shape index (κ3) is 1.63. The van der Waals surface area contributed by atoms with Gasteiger partial charge < -0.3 is 9.98 Å². The summed E-state index contributed by atoms with van der Waals surface area (Å²) in [6.45, 7) is 0. The van der Waals surface area contributed by atoms with E-state index in [2.05, 4.69) is 11.6 Å². The minimum absolute atomic E-state index is 0. The zero-order valence-electron chi connectivity index (χ0n) is 9.81. The van der Waals surface area contributed by atoms with Gasteiger partial charge in [-0.3, -0.25) is 0 Å². The van der Waals surface area contributed by atoms with Crippen molar-refractivity contribution in [2.75, 3.05) is 0 Å². The summed E-state index contributed by atoms with van der Waals surface area (Å²) in [4.78, 5) is 0. The molecule has 0 radical (unpaired) electrons. The molecule has 2 aliphatic carbocycles. The van der Waals surface area contributed by atoms with Crippen molar-refractivity contribution in [2.24, 2.45) is 7.05 Å². The second-order valence-electron chi connectivity index (χ2n) is 4.85. The minimum Gasteiger partial charge on any atom is -0.351 e. The Morgan fingerprint density at radius 2 is 1.38 bits per heavy atom. The largest absolute Gasteiger partial charge is 0.351 e. The molecule has 0 saturated carbocycles. The Balaban J connectivity index is 0.000000963. The number of rotatable bonds is 0. The number of nitrogens with one attached hydrogen (secondary N) is 1. The van der Waals surface area contributed by atoms with Crippen molar-refractivity contribution in [1.29, 1.82) is 5.41 Å². The van der Waals surface area contributed by atoms with Crippen molar-refractivity contribution in [3.05, 3.63) is 27.9 Å². The van der Waals surface area contributed by atoms with Crippen LogP contribution in [0.5, 0.6) is 0 Å². The van der Waals surface area contributed by atoms with Crippen LogP contribution in [0.1, 0.15) is 41.8 Å². The maximum Gasteiger partial charge on any atom is 0.0638 e. The van der Waals surface area contributed by atoms with Gasteiger partial charge in [-0.2, -0.15) is 0 Å². The Morgan fingerprint density at radius 1 is 0.875 bits per heavy atom. The van der Waals surface area contributed by atoms with Gasteiger partial charge in [-0.15, -0.1) is 24.0 Å². The Kier molecular flexibility index (Phi) is 3.42. The molecule has 0 fully saturated rings. The van der Waals surface area contributed by atoms with Crippen LogP contribution in [-0.4, -0.2) is 4.57 Å². The molecule has 16 heavy (non-hydrogen) atoms. The van der Waals surface area contributed by atoms with Gasteiger partial charge in [0.2, 0.25) is 0 Å². The van der Waals surface area contributed by atoms with Crippen LogP contribution >= 0.6 is 24.0 Å². The van der Waals surface area contributed by atoms with Gasteiger partial charge in [0, 0.05) is 18.4 Å². The third-order valence-electron chi connectivity index (χ3n) is 4.04. The zero-order valence-corrected chi connectivity index (χ0v) is 12.1. The Bertz CT molecular complexity index is 474. The van der Waals surface area contributed by atoms with E-state index >= 15 is 0 Å². The van der Waals surface area contributed by atoms with Gasteiger partial charge in [0.15, 0.2) is 0 Å². The summed E-state index contributed by atoms with van der Waals surface area (Å²) in [5.74, 6) is 0. The highest BCUT2D eigenvalue weighted by Gasteiger charge is 2.22. The van der Waals surface area contributed by atoms with E-state index < -0.39 is 0 Å². The maximum atomic E-state index is 8.29. The van der Waals surface area contributed by atoms with Gasteiger partial charge >= 0.3 is 0 Å². The number of hydrogen-bond donors (Lipinski definition) is 1. The quantitative estimate of drug-likeness (QED) is 0.708. The molecular weight excluding hydrogens is 311 g/mol. The topological polar surface area (TPSA) is 28.8 Å². The third-order valence-corrected chi connectivity index (χ3v) is 4.04. The lowest BCUT2D eigenvalue weighted by Crippen LogP contribution is -2.26. The van der Waals surface area contributed by atoms with E-state index in [0.29, 0.717) is 0 Å². The Hall–Kier alpha value is -0.320. The second kappa shape index (κ2) is 4.51. The molecule has 0 aliphatic heterocycles. The van der Waals surface area contributed by atoms with Crippen LogP contribution in [0.3, 0.4) is 0 Å². The van der Waals surface area contributed by atoms with Gasteiger partial charge in [-0.25, -0.2) is 0 Å². The highest BCUT2D eigenvalue weighted by molar-refractivity contribution is 14.0. The second-order valence-corrected chi connectivity index (χ2v) is 4.85. The molecule has 1 heterocycles. The standard InChI is InChI=1S/C13H18N2.HI/c1-15-11-7-3-2-5-9(11)13(14)10-6-4-8-12(10)15;/h14H,2-8H2,1H3;1H. The van der Waals surface area contributed by atoms with Crippen molar-refractivity contribution in [1.82, 2.24) is 4.57 Å². The van der Waals surface area contributed by atoms with E-state index in [-0.39, 0.29) is 24.0 Å². The van der Waals surface area contributed by atoms with Crippen LogP contribution in [0.15, 0.2) is 0 Å². The van der Waals surface area contributed by atoms with Crippen LogP contribution in [0.4, 0.5) is 0 Å². The molecule has 1 aromatic rings. The number of nitrogens with zero attached hydrogens (tertiary/aromatic N) is 1. The highest BCUT2D eigenvalue weighted by Crippen LogP contribution is 2.25. The maximum absolute atomic E-state index is 8.29. The summed E-state index contributed by atoms with van der Waals surface area (Å²) in [5, 5.41) is 9.17. The predicted molar refractivity (Wildman–Crippen MR) is 75.3 cm³/mol. The molecule has 88 valence electrons. The molecule has 3 rings (SSSR count). The van der Waals surface area contributed by atoms with E-state index in [9.17, 15) is 0 Å². The fraction of sp³-hybridized carbons (Fsp3) is 0.615. The molecule has 0 aromatic carbocycles. The fourth-order valence-corrected chi connectivity index (χ4v) is 3.24. The van der Waals surface area contributed by atoms with Crippen LogP contribution in [-0.2, 0) is 32.7 Å². The lowest BCUT2D eigenvalue weighted by atomic mass is 9.93. The molecule has 0 spiro atoms. The SMILES string of the molecule is Cn1c2c(c(=N)c3c1CCC3)CCCC2.I. The summed E-state index contributed by atoms with van der Waals surface area (Å²) < 4.78 is 2.40. The predicted octanol–water partition coefficient (Wildman–Crippen LogP) is 2.49. The molecule has 2 nitrogen and oxygen atoms in total. The van der Waals surface area contributed by atoms with Crippen LogP contribution in [0.25, 0.3) is 0 Å². The molecule has 2 aliphatic rings. The van der Waals surface area contributed by atoms with Crippen molar-refractivity contribution in [2.45, 2.75) is 44.9 Å². The zero-order chi connectivity index (χ0) is 10.4. The van der Waals surface area contributed by atoms with E-state index in [0.717, 1.165) is 18.2 Å². The van der Waals surface area contributed by atoms with E-state index in [4.69, 9.17) is 5.41 Å². The van der Waals surface area contributed by atoms with Gasteiger partial charge in [-0.05, 0) is 56.1 Å². The number of hydrogen-bond acceptors (Lipinski definition) is 1. The summed E-state index contributed by atoms with van der Waals surface area (Å²) in [6, 6.07) is 0. The number of halogens is 1. The van der Waals surface area contributed by atoms with Crippen LogP contribution in [0, 0.1) is 5.41 Å². The van der Waals surface area contributed by atoms with Gasteiger partial charge in [0.25, 0.3) is 0 Å². The summed E-state index contributed by atoms with van der Waals surface area (Å²) in [6.07, 6.45) is 8.47. The van der Waals surface area contributed by atoms with Crippen molar-refractivity contribution < 1.29 is 0 Å². The van der Waals surface area contributed by atoms with Crippen molar-refractivity contribution in [3.63, 3.8) is 0 Å². The first-order chi connectivity index (χ1) is 7.29. The molecule has 0 amide bonds. The van der Waals surface area contributed by atoms with Gasteiger partial charge in [-0.1, -0.05) is 0 Å². The Morgan fingerprint density at radius 3 is 2.06 bits per heavy atom. The smallest absolute Gasteiger partial charge is 0.0638 e. The molecule has 1 aromatic heterocycles. The van der Waals surface area contributed by atoms with Crippen LogP contribution < -0.4 is 5.36 Å². The summed E-state index contributed by atoms with van der Waals surface area (Å²) in [7, 11) is 2.20. The number of fused-ring (bicyclic) bond motifs is 2. The Labute approximate surface area is 114 Å². The molecule has 3 heteroatoms. The normalized spacial score (nSPS) is 17.6. The first-order valence-corrected chi connectivity index (χ1v) is 6.06.